The van der Waals surface area contributed by atoms with E-state index in [9.17, 15) is 4.79 Å². The fourth-order valence-corrected chi connectivity index (χ4v) is 0.639. The van der Waals surface area contributed by atoms with Crippen molar-refractivity contribution in [1.82, 2.24) is 0 Å². The van der Waals surface area contributed by atoms with Crippen molar-refractivity contribution >= 4 is 6.29 Å². The summed E-state index contributed by atoms with van der Waals surface area (Å²) in [5.74, 6) is 0.00347. The average Bonchev–Trinajstić information content (AvgIpc) is 2.13. The molecule has 0 fully saturated rings. The van der Waals surface area contributed by atoms with E-state index in [1.165, 1.54) is 6.26 Å². The summed E-state index contributed by atoms with van der Waals surface area (Å²) in [4.78, 5) is 10.2. The minimum absolute atomic E-state index is 0.00347. The highest BCUT2D eigenvalue weighted by atomic mass is 16.5. The third-order valence-corrected chi connectivity index (χ3v) is 1.16. The largest absolute Gasteiger partial charge is 0.473 e. The Morgan fingerprint density at radius 1 is 1.56 bits per heavy atom. The van der Waals surface area contributed by atoms with E-state index >= 15 is 0 Å². The molecule has 1 heterocycles. The number of allylic oxidation sites excluding steroid dienone is 2. The number of rotatable bonds is 1. The summed E-state index contributed by atoms with van der Waals surface area (Å²) in [7, 11) is 0. The first-order valence-corrected chi connectivity index (χ1v) is 2.86. The Morgan fingerprint density at radius 2 is 2.44 bits per heavy atom. The van der Waals surface area contributed by atoms with Gasteiger partial charge in [0.2, 0.25) is 0 Å². The molecule has 0 saturated carbocycles. The van der Waals surface area contributed by atoms with Crippen LogP contribution >= 0.6 is 0 Å². The molecule has 0 N–H and O–H groups in total. The molecule has 0 spiro atoms. The van der Waals surface area contributed by atoms with Gasteiger partial charge in [0, 0.05) is 5.92 Å². The van der Waals surface area contributed by atoms with Crippen molar-refractivity contribution < 1.29 is 9.53 Å². The molecular formula is C7H8O2. The molecule has 2 nitrogen and oxygen atoms in total. The molecule has 2 heteroatoms. The maximum Gasteiger partial charge on any atom is 0.127 e. The number of carbonyl (C=O) groups excluding carboxylic acids is 1. The van der Waals surface area contributed by atoms with Crippen LogP contribution in [0.1, 0.15) is 6.42 Å². The van der Waals surface area contributed by atoms with Crippen LogP contribution in [0, 0.1) is 5.92 Å². The van der Waals surface area contributed by atoms with Gasteiger partial charge in [-0.05, 0) is 18.6 Å². The van der Waals surface area contributed by atoms with Crippen molar-refractivity contribution in [3.8, 4) is 0 Å². The highest BCUT2D eigenvalue weighted by molar-refractivity contribution is 5.56. The predicted molar refractivity (Wildman–Crippen MR) is 33.5 cm³/mol. The lowest BCUT2D eigenvalue weighted by atomic mass is 10.1. The summed E-state index contributed by atoms with van der Waals surface area (Å²) >= 11 is 0. The van der Waals surface area contributed by atoms with Crippen LogP contribution in [0.5, 0.6) is 0 Å². The summed E-state index contributed by atoms with van der Waals surface area (Å²) in [6.07, 6.45) is 8.35. The molecule has 0 aromatic heterocycles. The van der Waals surface area contributed by atoms with E-state index in [1.54, 1.807) is 12.3 Å². The first kappa shape index (κ1) is 6.08. The molecule has 0 aliphatic carbocycles. The van der Waals surface area contributed by atoms with Crippen molar-refractivity contribution in [2.45, 2.75) is 6.42 Å². The Balaban J connectivity index is 2.54. The molecule has 0 amide bonds. The Morgan fingerprint density at radius 3 is 3.22 bits per heavy atom. The molecule has 9 heavy (non-hydrogen) atoms. The Bertz CT molecular complexity index is 147. The second-order valence-corrected chi connectivity index (χ2v) is 1.87. The van der Waals surface area contributed by atoms with Gasteiger partial charge in [-0.2, -0.15) is 0 Å². The van der Waals surface area contributed by atoms with E-state index in [0.717, 1.165) is 12.7 Å². The number of hydrogen-bond donors (Lipinski definition) is 0. The molecule has 1 rings (SSSR count). The van der Waals surface area contributed by atoms with Gasteiger partial charge < -0.3 is 9.53 Å². The summed E-state index contributed by atoms with van der Waals surface area (Å²) in [6, 6.07) is 0. The molecule has 0 radical (unpaired) electrons. The lowest BCUT2D eigenvalue weighted by Crippen LogP contribution is -1.93. The fraction of sp³-hybridized carbons (Fsp3) is 0.286. The second-order valence-electron chi connectivity index (χ2n) is 1.87. The quantitative estimate of drug-likeness (QED) is 0.492. The lowest BCUT2D eigenvalue weighted by molar-refractivity contribution is -0.109. The van der Waals surface area contributed by atoms with Crippen LogP contribution in [0.25, 0.3) is 0 Å². The van der Waals surface area contributed by atoms with Gasteiger partial charge in [-0.15, -0.1) is 0 Å². The van der Waals surface area contributed by atoms with Crippen LogP contribution in [0.2, 0.25) is 0 Å². The zero-order chi connectivity index (χ0) is 6.53. The van der Waals surface area contributed by atoms with E-state index in [2.05, 4.69) is 0 Å². The number of hydrogen-bond acceptors (Lipinski definition) is 2. The molecule has 1 unspecified atom stereocenters. The predicted octanol–water partition coefficient (Wildman–Crippen LogP) is 1.25. The minimum Gasteiger partial charge on any atom is -0.473 e. The standard InChI is InChI=1S/C7H8O2/c8-6-7-2-1-4-9-5-3-7/h1,3-7H,2H2. The highest BCUT2D eigenvalue weighted by Crippen LogP contribution is 2.06. The van der Waals surface area contributed by atoms with Crippen LogP contribution in [0.4, 0.5) is 0 Å². The number of carbonyl (C=O) groups is 1. The van der Waals surface area contributed by atoms with Gasteiger partial charge in [0.15, 0.2) is 0 Å². The average molecular weight is 124 g/mol. The van der Waals surface area contributed by atoms with Crippen molar-refractivity contribution in [3.05, 3.63) is 24.7 Å². The van der Waals surface area contributed by atoms with Crippen molar-refractivity contribution in [1.29, 1.82) is 0 Å². The summed E-state index contributed by atoms with van der Waals surface area (Å²) in [6.45, 7) is 0. The molecule has 1 atom stereocenters. The monoisotopic (exact) mass is 124 g/mol. The van der Waals surface area contributed by atoms with Crippen molar-refractivity contribution in [2.24, 2.45) is 5.92 Å². The van der Waals surface area contributed by atoms with Gasteiger partial charge in [0.1, 0.15) is 6.29 Å². The van der Waals surface area contributed by atoms with E-state index in [4.69, 9.17) is 4.74 Å². The van der Waals surface area contributed by atoms with E-state index in [-0.39, 0.29) is 5.92 Å². The minimum atomic E-state index is 0.00347. The van der Waals surface area contributed by atoms with Gasteiger partial charge in [-0.1, -0.05) is 0 Å². The third kappa shape index (κ3) is 1.72. The van der Waals surface area contributed by atoms with Crippen LogP contribution in [-0.4, -0.2) is 6.29 Å². The molecule has 0 aromatic carbocycles. The number of aldehydes is 1. The van der Waals surface area contributed by atoms with Gasteiger partial charge >= 0.3 is 0 Å². The van der Waals surface area contributed by atoms with Crippen LogP contribution < -0.4 is 0 Å². The second kappa shape index (κ2) is 3.07. The van der Waals surface area contributed by atoms with E-state index in [1.807, 2.05) is 6.08 Å². The number of ether oxygens (including phenoxy) is 1. The van der Waals surface area contributed by atoms with Crippen molar-refractivity contribution in [2.75, 3.05) is 0 Å². The zero-order valence-corrected chi connectivity index (χ0v) is 4.99. The first-order chi connectivity index (χ1) is 4.43. The van der Waals surface area contributed by atoms with Gasteiger partial charge in [0.05, 0.1) is 12.5 Å². The normalized spacial score (nSPS) is 24.7. The SMILES string of the molecule is O=CC1C=COC=CC1. The Hall–Kier alpha value is -1.05. The zero-order valence-electron chi connectivity index (χ0n) is 4.99. The topological polar surface area (TPSA) is 26.3 Å². The summed E-state index contributed by atoms with van der Waals surface area (Å²) < 4.78 is 4.81. The van der Waals surface area contributed by atoms with Crippen LogP contribution in [0.15, 0.2) is 24.7 Å². The Labute approximate surface area is 53.8 Å². The van der Waals surface area contributed by atoms with Crippen LogP contribution in [-0.2, 0) is 9.53 Å². The maximum absolute atomic E-state index is 10.2. The molecule has 1 aliphatic heterocycles. The molecule has 48 valence electrons. The maximum atomic E-state index is 10.2. The van der Waals surface area contributed by atoms with E-state index in [0.29, 0.717) is 0 Å². The van der Waals surface area contributed by atoms with Gasteiger partial charge in [-0.3, -0.25) is 0 Å². The Kier molecular flexibility index (Phi) is 2.07. The molecule has 0 aromatic rings. The molecule has 0 bridgehead atoms. The van der Waals surface area contributed by atoms with Gasteiger partial charge in [0.25, 0.3) is 0 Å². The molecule has 0 saturated heterocycles. The highest BCUT2D eigenvalue weighted by Gasteiger charge is 2.00. The van der Waals surface area contributed by atoms with Crippen molar-refractivity contribution in [3.63, 3.8) is 0 Å². The molecular weight excluding hydrogens is 116 g/mol. The lowest BCUT2D eigenvalue weighted by Gasteiger charge is -1.92. The van der Waals surface area contributed by atoms with E-state index < -0.39 is 0 Å². The molecule has 1 aliphatic rings. The third-order valence-electron chi connectivity index (χ3n) is 1.16. The van der Waals surface area contributed by atoms with Gasteiger partial charge in [-0.25, -0.2) is 0 Å². The fourth-order valence-electron chi connectivity index (χ4n) is 0.639. The summed E-state index contributed by atoms with van der Waals surface area (Å²) in [5, 5.41) is 0. The van der Waals surface area contributed by atoms with Crippen LogP contribution in [0.3, 0.4) is 0 Å². The summed E-state index contributed by atoms with van der Waals surface area (Å²) in [5.41, 5.74) is 0. The first-order valence-electron chi connectivity index (χ1n) is 2.86. The smallest absolute Gasteiger partial charge is 0.127 e.